The topological polar surface area (TPSA) is 49.9 Å². The number of anilines is 1. The summed E-state index contributed by atoms with van der Waals surface area (Å²) in [6, 6.07) is 16.9. The Bertz CT molecular complexity index is 1180. The van der Waals surface area contributed by atoms with Crippen molar-refractivity contribution in [2.75, 3.05) is 18.0 Å². The van der Waals surface area contributed by atoms with E-state index in [0.29, 0.717) is 23.2 Å². The molecule has 5 heteroatoms. The minimum atomic E-state index is -0.303. The van der Waals surface area contributed by atoms with Gasteiger partial charge in [-0.05, 0) is 50.2 Å². The van der Waals surface area contributed by atoms with Gasteiger partial charge in [0.25, 0.3) is 0 Å². The summed E-state index contributed by atoms with van der Waals surface area (Å²) in [5, 5.41) is 4.48. The van der Waals surface area contributed by atoms with Crippen molar-refractivity contribution in [2.45, 2.75) is 25.9 Å². The lowest BCUT2D eigenvalue weighted by molar-refractivity contribution is 0.407. The molecule has 0 radical (unpaired) electrons. The van der Waals surface area contributed by atoms with Gasteiger partial charge in [0.15, 0.2) is 0 Å². The maximum Gasteiger partial charge on any atom is 0.344 e. The molecule has 3 aromatic heterocycles. The Morgan fingerprint density at radius 3 is 2.64 bits per heavy atom. The first-order valence-electron chi connectivity index (χ1n) is 9.73. The molecule has 0 saturated carbocycles. The molecular weight excluding hydrogens is 350 g/mol. The number of pyridine rings is 1. The highest BCUT2D eigenvalue weighted by Gasteiger charge is 2.21. The molecule has 0 amide bonds. The van der Waals surface area contributed by atoms with Crippen LogP contribution in [0.4, 0.5) is 5.69 Å². The average Bonchev–Trinajstić information content (AvgIpc) is 3.10. The van der Waals surface area contributed by atoms with Crippen molar-refractivity contribution >= 4 is 22.2 Å². The van der Waals surface area contributed by atoms with E-state index in [2.05, 4.69) is 30.1 Å². The van der Waals surface area contributed by atoms with Crippen LogP contribution in [0.15, 0.2) is 70.1 Å². The van der Waals surface area contributed by atoms with E-state index < -0.39 is 0 Å². The normalized spacial score (nSPS) is 20.1. The Morgan fingerprint density at radius 1 is 1.04 bits per heavy atom. The number of hydrogen-bond acceptors (Lipinski definition) is 4. The van der Waals surface area contributed by atoms with Gasteiger partial charge in [-0.3, -0.25) is 0 Å². The highest BCUT2D eigenvalue weighted by Crippen LogP contribution is 2.27. The molecule has 0 aliphatic carbocycles. The van der Waals surface area contributed by atoms with Crippen molar-refractivity contribution in [3.8, 4) is 11.1 Å². The molecule has 1 N–H and O–H groups in total. The Morgan fingerprint density at radius 2 is 1.86 bits per heavy atom. The SMILES string of the molecule is CC1CN(c2ccc3cc(-c4cc5ccccn5c4)c(=O)oc3c2)CC(C)N1. The van der Waals surface area contributed by atoms with Crippen molar-refractivity contribution in [1.82, 2.24) is 9.72 Å². The third-order valence-electron chi connectivity index (χ3n) is 5.46. The summed E-state index contributed by atoms with van der Waals surface area (Å²) in [5.74, 6) is 0. The first kappa shape index (κ1) is 17.1. The monoisotopic (exact) mass is 373 g/mol. The van der Waals surface area contributed by atoms with Crippen LogP contribution in [0, 0.1) is 0 Å². The molecule has 5 nitrogen and oxygen atoms in total. The second kappa shape index (κ2) is 6.53. The van der Waals surface area contributed by atoms with Crippen molar-refractivity contribution in [2.24, 2.45) is 0 Å². The van der Waals surface area contributed by atoms with E-state index in [-0.39, 0.29) is 5.63 Å². The smallest absolute Gasteiger partial charge is 0.344 e. The van der Waals surface area contributed by atoms with Crippen molar-refractivity contribution < 1.29 is 4.42 Å². The number of nitrogens with one attached hydrogen (secondary N) is 1. The maximum absolute atomic E-state index is 12.7. The zero-order valence-corrected chi connectivity index (χ0v) is 16.1. The minimum absolute atomic E-state index is 0.303. The van der Waals surface area contributed by atoms with Crippen LogP contribution >= 0.6 is 0 Å². The lowest BCUT2D eigenvalue weighted by atomic mass is 10.1. The molecule has 28 heavy (non-hydrogen) atoms. The molecule has 1 aromatic carbocycles. The summed E-state index contributed by atoms with van der Waals surface area (Å²) in [5.41, 5.74) is 3.94. The van der Waals surface area contributed by atoms with Crippen LogP contribution in [0.5, 0.6) is 0 Å². The minimum Gasteiger partial charge on any atom is -0.422 e. The molecule has 142 valence electrons. The third kappa shape index (κ3) is 2.98. The average molecular weight is 373 g/mol. The first-order valence-corrected chi connectivity index (χ1v) is 9.73. The summed E-state index contributed by atoms with van der Waals surface area (Å²) < 4.78 is 7.73. The fraction of sp³-hybridized carbons (Fsp3) is 0.261. The van der Waals surface area contributed by atoms with Gasteiger partial charge in [-0.25, -0.2) is 4.79 Å². The van der Waals surface area contributed by atoms with Gasteiger partial charge in [0.2, 0.25) is 0 Å². The largest absolute Gasteiger partial charge is 0.422 e. The fourth-order valence-electron chi connectivity index (χ4n) is 4.24. The second-order valence-corrected chi connectivity index (χ2v) is 7.80. The van der Waals surface area contributed by atoms with Crippen molar-refractivity contribution in [3.63, 3.8) is 0 Å². The van der Waals surface area contributed by atoms with Gasteiger partial charge in [-0.2, -0.15) is 0 Å². The molecule has 1 aliphatic rings. The Labute approximate surface area is 163 Å². The van der Waals surface area contributed by atoms with E-state index in [4.69, 9.17) is 4.42 Å². The highest BCUT2D eigenvalue weighted by molar-refractivity contribution is 5.85. The second-order valence-electron chi connectivity index (χ2n) is 7.80. The van der Waals surface area contributed by atoms with E-state index in [9.17, 15) is 4.79 Å². The number of fused-ring (bicyclic) bond motifs is 2. The number of benzene rings is 1. The molecule has 4 aromatic rings. The molecular formula is C23H23N3O2. The van der Waals surface area contributed by atoms with Crippen LogP contribution in [0.3, 0.4) is 0 Å². The molecule has 2 unspecified atom stereocenters. The fourth-order valence-corrected chi connectivity index (χ4v) is 4.24. The van der Waals surface area contributed by atoms with Crippen molar-refractivity contribution in [3.05, 3.63) is 71.3 Å². The van der Waals surface area contributed by atoms with Crippen LogP contribution < -0.4 is 15.8 Å². The molecule has 1 aliphatic heterocycles. The Hall–Kier alpha value is -3.05. The summed E-state index contributed by atoms with van der Waals surface area (Å²) in [4.78, 5) is 15.0. The number of hydrogen-bond donors (Lipinski definition) is 1. The third-order valence-corrected chi connectivity index (χ3v) is 5.46. The zero-order valence-electron chi connectivity index (χ0n) is 16.1. The van der Waals surface area contributed by atoms with Gasteiger partial charge in [0, 0.05) is 65.8 Å². The molecule has 2 atom stereocenters. The summed E-state index contributed by atoms with van der Waals surface area (Å²) in [7, 11) is 0. The summed E-state index contributed by atoms with van der Waals surface area (Å²) in [6.45, 7) is 6.26. The number of piperazine rings is 1. The molecule has 1 fully saturated rings. The predicted octanol–water partition coefficient (Wildman–Crippen LogP) is 3.90. The quantitative estimate of drug-likeness (QED) is 0.542. The van der Waals surface area contributed by atoms with E-state index in [1.165, 1.54) is 0 Å². The summed E-state index contributed by atoms with van der Waals surface area (Å²) >= 11 is 0. The highest BCUT2D eigenvalue weighted by atomic mass is 16.4. The molecule has 0 spiro atoms. The lowest BCUT2D eigenvalue weighted by Gasteiger charge is -2.37. The van der Waals surface area contributed by atoms with Crippen LogP contribution in [-0.2, 0) is 0 Å². The maximum atomic E-state index is 12.7. The molecule has 4 heterocycles. The van der Waals surface area contributed by atoms with Gasteiger partial charge in [-0.15, -0.1) is 0 Å². The van der Waals surface area contributed by atoms with Gasteiger partial charge >= 0.3 is 5.63 Å². The van der Waals surface area contributed by atoms with Gasteiger partial charge in [0.1, 0.15) is 5.58 Å². The zero-order chi connectivity index (χ0) is 19.3. The van der Waals surface area contributed by atoms with Crippen LogP contribution in [0.1, 0.15) is 13.8 Å². The lowest BCUT2D eigenvalue weighted by Crippen LogP contribution is -2.54. The number of rotatable bonds is 2. The van der Waals surface area contributed by atoms with Gasteiger partial charge in [0.05, 0.1) is 5.56 Å². The van der Waals surface area contributed by atoms with Crippen LogP contribution in [-0.4, -0.2) is 29.6 Å². The Balaban J connectivity index is 1.55. The number of aromatic nitrogens is 1. The van der Waals surface area contributed by atoms with Crippen LogP contribution in [0.2, 0.25) is 0 Å². The van der Waals surface area contributed by atoms with E-state index >= 15 is 0 Å². The van der Waals surface area contributed by atoms with E-state index in [0.717, 1.165) is 35.2 Å². The van der Waals surface area contributed by atoms with Gasteiger partial charge in [-0.1, -0.05) is 6.07 Å². The summed E-state index contributed by atoms with van der Waals surface area (Å²) in [6.07, 6.45) is 3.94. The predicted molar refractivity (Wildman–Crippen MR) is 113 cm³/mol. The molecule has 0 bridgehead atoms. The first-order chi connectivity index (χ1) is 13.6. The standard InChI is InChI=1S/C23H23N3O2/c1-15-12-26(13-16(2)24-15)20-7-6-17-10-21(23(27)28-22(17)11-20)18-9-19-5-3-4-8-25(19)14-18/h3-11,14-16,24H,12-13H2,1-2H3. The van der Waals surface area contributed by atoms with Crippen molar-refractivity contribution in [1.29, 1.82) is 0 Å². The number of nitrogens with zero attached hydrogens (tertiary/aromatic N) is 2. The Kier molecular flexibility index (Phi) is 3.98. The van der Waals surface area contributed by atoms with E-state index in [1.54, 1.807) is 0 Å². The van der Waals surface area contributed by atoms with Crippen LogP contribution in [0.25, 0.3) is 27.6 Å². The van der Waals surface area contributed by atoms with Gasteiger partial charge < -0.3 is 19.0 Å². The van der Waals surface area contributed by atoms with E-state index in [1.807, 2.05) is 59.3 Å². The molecule has 1 saturated heterocycles. The molecule has 5 rings (SSSR count).